The quantitative estimate of drug-likeness (QED) is 0.188. The highest BCUT2D eigenvalue weighted by Gasteiger charge is 2.50. The highest BCUT2D eigenvalue weighted by atomic mass is 127. The molecule has 0 amide bonds. The second-order valence-electron chi connectivity index (χ2n) is 8.03. The summed E-state index contributed by atoms with van der Waals surface area (Å²) in [6, 6.07) is 39.1. The summed E-state index contributed by atoms with van der Waals surface area (Å²) in [5, 5.41) is 0. The molecule has 0 aromatic heterocycles. The van der Waals surface area contributed by atoms with Crippen LogP contribution in [-0.2, 0) is 15.7 Å². The molecule has 0 N–H and O–H groups in total. The van der Waals surface area contributed by atoms with Crippen LogP contribution < -0.4 is 40.5 Å². The van der Waals surface area contributed by atoms with E-state index in [1.54, 1.807) is 13.8 Å². The van der Waals surface area contributed by atoms with E-state index < -0.39 is 57.8 Å². The average molecular weight is 692 g/mol. The molecule has 2 radical (unpaired) electrons. The van der Waals surface area contributed by atoms with E-state index >= 15 is 0 Å². The summed E-state index contributed by atoms with van der Waals surface area (Å²) in [5.74, 6) is -1.12. The van der Waals surface area contributed by atoms with Gasteiger partial charge in [-0.3, -0.25) is 0 Å². The molecule has 178 valence electrons. The molecule has 0 heterocycles. The maximum absolute atomic E-state index is 13.5. The fourth-order valence-corrected chi connectivity index (χ4v) is 11.6. The third kappa shape index (κ3) is 6.29. The summed E-state index contributed by atoms with van der Waals surface area (Å²) in [6.45, 7) is 3.18. The molecule has 4 rings (SSSR count). The highest BCUT2D eigenvalue weighted by molar-refractivity contribution is 5.98. The first-order valence-corrected chi connectivity index (χ1v) is 17.1. The third-order valence-corrected chi connectivity index (χ3v) is 14.1. The summed E-state index contributed by atoms with van der Waals surface area (Å²) >= 11 is -5.14. The van der Waals surface area contributed by atoms with Gasteiger partial charge >= 0.3 is 52.4 Å². The monoisotopic (exact) mass is 692 g/mol. The molecule has 6 heteroatoms. The fraction of sp³-hybridized carbons (Fsp3) is 0.103. The molecule has 0 spiro atoms. The van der Waals surface area contributed by atoms with E-state index in [0.29, 0.717) is 0 Å². The zero-order valence-corrected chi connectivity index (χ0v) is 23.8. The average Bonchev–Trinajstić information content (AvgIpc) is 2.92. The minimum absolute atomic E-state index is 0.558. The van der Waals surface area contributed by atoms with Gasteiger partial charge in [-0.1, -0.05) is 72.8 Å². The molecule has 0 unspecified atom stereocenters. The fourth-order valence-electron chi connectivity index (χ4n) is 2.96. The predicted molar refractivity (Wildman–Crippen MR) is 127 cm³/mol. The van der Waals surface area contributed by atoms with Crippen LogP contribution >= 0.6 is 0 Å². The Bertz CT molecular complexity index is 1070. The Morgan fingerprint density at radius 1 is 0.486 bits per heavy atom. The van der Waals surface area contributed by atoms with Crippen molar-refractivity contribution in [3.05, 3.63) is 136 Å². The maximum atomic E-state index is 13.5. The van der Waals surface area contributed by atoms with Crippen molar-refractivity contribution in [3.63, 3.8) is 0 Å². The van der Waals surface area contributed by atoms with Crippen molar-refractivity contribution >= 4 is 11.9 Å². The predicted octanol–water partition coefficient (Wildman–Crippen LogP) is -0.342. The number of benzene rings is 4. The Kier molecular flexibility index (Phi) is 8.56. The highest BCUT2D eigenvalue weighted by Crippen LogP contribution is 2.17. The molecule has 4 nitrogen and oxygen atoms in total. The molecule has 0 aliphatic carbocycles. The summed E-state index contributed by atoms with van der Waals surface area (Å²) in [6.07, 6.45) is 0. The lowest BCUT2D eigenvalue weighted by molar-refractivity contribution is -1.04. The Labute approximate surface area is 221 Å². The topological polar surface area (TPSA) is 52.6 Å². The standard InChI is InChI=1S/C29H26I2O4/c1-29(2,27(32)34-30(23-15-7-3-8-16-23)24-17-9-4-10-18-24)28(33)35-31(25-19-11-5-12-20-25)26-21-13-6-14-22-26/h3-22H,1-2H3/q+2. The van der Waals surface area contributed by atoms with Crippen LogP contribution in [0.15, 0.2) is 121 Å². The Morgan fingerprint density at radius 2 is 0.714 bits per heavy atom. The van der Waals surface area contributed by atoms with E-state index in [4.69, 9.17) is 6.13 Å². The van der Waals surface area contributed by atoms with E-state index in [1.165, 1.54) is 0 Å². The van der Waals surface area contributed by atoms with Crippen molar-refractivity contribution in [3.8, 4) is 0 Å². The smallest absolute Gasteiger partial charge is 0.246 e. The third-order valence-electron chi connectivity index (χ3n) is 5.04. The van der Waals surface area contributed by atoms with Gasteiger partial charge in [-0.05, 0) is 62.4 Å². The van der Waals surface area contributed by atoms with Gasteiger partial charge in [0.1, 0.15) is 0 Å². The van der Waals surface area contributed by atoms with Gasteiger partial charge in [0.15, 0.2) is 19.7 Å². The van der Waals surface area contributed by atoms with Crippen molar-refractivity contribution in [2.45, 2.75) is 13.8 Å². The van der Waals surface area contributed by atoms with Crippen LogP contribution in [0.2, 0.25) is 0 Å². The minimum atomic E-state index is -2.57. The Morgan fingerprint density at radius 3 is 0.943 bits per heavy atom. The lowest BCUT2D eigenvalue weighted by Crippen LogP contribution is -3.86. The van der Waals surface area contributed by atoms with Crippen LogP contribution in [0.5, 0.6) is 0 Å². The maximum Gasteiger partial charge on any atom is 0.376 e. The number of rotatable bonds is 8. The first-order chi connectivity index (χ1) is 17.0. The van der Waals surface area contributed by atoms with E-state index in [1.807, 2.05) is 121 Å². The van der Waals surface area contributed by atoms with Gasteiger partial charge in [0.25, 0.3) is 0 Å². The van der Waals surface area contributed by atoms with Gasteiger partial charge in [-0.2, -0.15) is 0 Å². The van der Waals surface area contributed by atoms with E-state index in [2.05, 4.69) is 0 Å². The SMILES string of the molecule is CC(C)(C(=O)O[I+](c1ccccc1)c1ccccc1)C(=O)O[I+](c1ccccc1)c1ccccc1. The second-order valence-corrected chi connectivity index (χ2v) is 16.7. The number of carbonyl (C=O) groups excluding carboxylic acids is 2. The molecule has 0 aliphatic rings. The zero-order valence-electron chi connectivity index (χ0n) is 19.4. The molecule has 0 saturated heterocycles. The van der Waals surface area contributed by atoms with Crippen molar-refractivity contribution in [2.24, 2.45) is 5.41 Å². The van der Waals surface area contributed by atoms with Crippen molar-refractivity contribution in [1.82, 2.24) is 0 Å². The van der Waals surface area contributed by atoms with Crippen molar-refractivity contribution in [2.75, 3.05) is 0 Å². The van der Waals surface area contributed by atoms with Crippen LogP contribution in [0.1, 0.15) is 13.8 Å². The van der Waals surface area contributed by atoms with Crippen LogP contribution in [0.4, 0.5) is 0 Å². The van der Waals surface area contributed by atoms with Gasteiger partial charge in [0.05, 0.1) is 0 Å². The van der Waals surface area contributed by atoms with Crippen LogP contribution in [-0.4, -0.2) is 11.9 Å². The van der Waals surface area contributed by atoms with E-state index in [-0.39, 0.29) is 0 Å². The normalized spacial score (nSPS) is 11.3. The van der Waals surface area contributed by atoms with Crippen LogP contribution in [0.3, 0.4) is 0 Å². The van der Waals surface area contributed by atoms with Crippen LogP contribution in [0, 0.1) is 19.7 Å². The number of halogens is 2. The van der Waals surface area contributed by atoms with Crippen molar-refractivity contribution < 1.29 is 56.2 Å². The first kappa shape index (κ1) is 25.4. The largest absolute Gasteiger partial charge is 0.376 e. The first-order valence-electron chi connectivity index (χ1n) is 11.0. The molecule has 4 aromatic rings. The summed E-state index contributed by atoms with van der Waals surface area (Å²) in [4.78, 5) is 26.9. The van der Waals surface area contributed by atoms with E-state index in [9.17, 15) is 9.59 Å². The Balaban J connectivity index is 1.58. The molecular formula is C29H26I2O4+2. The molecule has 0 bridgehead atoms. The van der Waals surface area contributed by atoms with Crippen molar-refractivity contribution in [1.29, 1.82) is 0 Å². The molecule has 0 atom stereocenters. The van der Waals surface area contributed by atoms with Crippen LogP contribution in [0.25, 0.3) is 0 Å². The van der Waals surface area contributed by atoms with Gasteiger partial charge in [-0.25, -0.2) is 15.7 Å². The summed E-state index contributed by atoms with van der Waals surface area (Å²) in [5.41, 5.74) is -1.45. The lowest BCUT2D eigenvalue weighted by Gasteiger charge is -2.17. The Hall–Kier alpha value is -2.72. The molecule has 0 saturated carbocycles. The van der Waals surface area contributed by atoms with Gasteiger partial charge < -0.3 is 0 Å². The number of carbonyl (C=O) groups is 2. The zero-order chi connectivity index (χ0) is 24.7. The van der Waals surface area contributed by atoms with Gasteiger partial charge in [0.2, 0.25) is 0 Å². The molecule has 0 fully saturated rings. The molecular weight excluding hydrogens is 666 g/mol. The van der Waals surface area contributed by atoms with E-state index in [0.717, 1.165) is 14.3 Å². The minimum Gasteiger partial charge on any atom is -0.246 e. The number of hydrogen-bond donors (Lipinski definition) is 0. The second kappa shape index (κ2) is 11.8. The summed E-state index contributed by atoms with van der Waals surface area (Å²) < 4.78 is 16.2. The molecule has 4 aromatic carbocycles. The molecule has 35 heavy (non-hydrogen) atoms. The number of hydrogen-bond acceptors (Lipinski definition) is 4. The van der Waals surface area contributed by atoms with Gasteiger partial charge in [0, 0.05) is 0 Å². The lowest BCUT2D eigenvalue weighted by atomic mass is 9.95. The molecule has 0 aliphatic heterocycles. The van der Waals surface area contributed by atoms with Gasteiger partial charge in [-0.15, -0.1) is 0 Å². The summed E-state index contributed by atoms with van der Waals surface area (Å²) in [7, 11) is 0.